The zero-order valence-electron chi connectivity index (χ0n) is 14.9. The van der Waals surface area contributed by atoms with Gasteiger partial charge in [0.05, 0.1) is 6.61 Å². The maximum absolute atomic E-state index is 5.71. The number of hydrogen-bond donors (Lipinski definition) is 2. The number of methoxy groups -OCH3 is 1. The monoisotopic (exact) mass is 345 g/mol. The van der Waals surface area contributed by atoms with Crippen molar-refractivity contribution in [2.45, 2.75) is 19.4 Å². The van der Waals surface area contributed by atoms with Crippen molar-refractivity contribution < 1.29 is 9.47 Å². The summed E-state index contributed by atoms with van der Waals surface area (Å²) in [5.74, 6) is 1.56. The molecule has 25 heavy (non-hydrogen) atoms. The molecule has 7 nitrogen and oxygen atoms in total. The Morgan fingerprint density at radius 2 is 2.16 bits per heavy atom. The average molecular weight is 345 g/mol. The summed E-state index contributed by atoms with van der Waals surface area (Å²) in [6, 6.07) is 9.78. The van der Waals surface area contributed by atoms with Crippen LogP contribution in [-0.2, 0) is 11.3 Å². The van der Waals surface area contributed by atoms with Gasteiger partial charge in [-0.05, 0) is 24.6 Å². The van der Waals surface area contributed by atoms with Crippen molar-refractivity contribution in [1.82, 2.24) is 15.1 Å². The number of nitrogens with zero attached hydrogens (tertiary/aromatic N) is 3. The normalized spacial score (nSPS) is 11.4. The molecule has 0 radical (unpaired) electrons. The molecule has 0 amide bonds. The summed E-state index contributed by atoms with van der Waals surface area (Å²) in [6.45, 7) is 3.03. The maximum Gasteiger partial charge on any atom is 0.195 e. The van der Waals surface area contributed by atoms with Crippen LogP contribution in [-0.4, -0.2) is 49.7 Å². The first-order valence-electron chi connectivity index (χ1n) is 8.48. The minimum absolute atomic E-state index is 0.637. The Balaban J connectivity index is 1.74. The van der Waals surface area contributed by atoms with Crippen LogP contribution < -0.4 is 15.4 Å². The molecule has 0 fully saturated rings. The van der Waals surface area contributed by atoms with Crippen LogP contribution in [0.15, 0.2) is 47.7 Å². The molecule has 0 aliphatic rings. The van der Waals surface area contributed by atoms with Gasteiger partial charge in [-0.2, -0.15) is 5.10 Å². The number of nitrogens with one attached hydrogen (secondary N) is 2. The third kappa shape index (κ3) is 7.26. The lowest BCUT2D eigenvalue weighted by molar-refractivity contribution is 0.172. The SMILES string of the molecule is CN=C(NCCCn1cccn1)Nc1cccc(OCCCOC)c1. The van der Waals surface area contributed by atoms with Crippen LogP contribution >= 0.6 is 0 Å². The summed E-state index contributed by atoms with van der Waals surface area (Å²) in [4.78, 5) is 4.25. The van der Waals surface area contributed by atoms with Gasteiger partial charge in [0.15, 0.2) is 5.96 Å². The highest BCUT2D eigenvalue weighted by Gasteiger charge is 2.01. The number of benzene rings is 1. The summed E-state index contributed by atoms with van der Waals surface area (Å²) in [7, 11) is 3.45. The Hall–Kier alpha value is -2.54. The van der Waals surface area contributed by atoms with Crippen molar-refractivity contribution in [3.8, 4) is 5.75 Å². The van der Waals surface area contributed by atoms with Gasteiger partial charge >= 0.3 is 0 Å². The second-order valence-electron chi connectivity index (χ2n) is 5.47. The lowest BCUT2D eigenvalue weighted by Gasteiger charge is -2.13. The van der Waals surface area contributed by atoms with Gasteiger partial charge in [0.1, 0.15) is 5.75 Å². The molecule has 1 aromatic carbocycles. The molecule has 0 saturated carbocycles. The molecule has 0 aliphatic carbocycles. The molecule has 7 heteroatoms. The molecule has 1 aromatic heterocycles. The minimum atomic E-state index is 0.637. The van der Waals surface area contributed by atoms with E-state index in [0.717, 1.165) is 43.3 Å². The number of anilines is 1. The van der Waals surface area contributed by atoms with Gasteiger partial charge in [-0.25, -0.2) is 0 Å². The summed E-state index contributed by atoms with van der Waals surface area (Å²) < 4.78 is 12.7. The van der Waals surface area contributed by atoms with E-state index in [1.807, 2.05) is 41.2 Å². The van der Waals surface area contributed by atoms with Crippen LogP contribution in [0.4, 0.5) is 5.69 Å². The van der Waals surface area contributed by atoms with E-state index in [2.05, 4.69) is 20.7 Å². The van der Waals surface area contributed by atoms with Crippen LogP contribution in [0.5, 0.6) is 5.75 Å². The number of aryl methyl sites for hydroxylation is 1. The highest BCUT2D eigenvalue weighted by atomic mass is 16.5. The standard InChI is InChI=1S/C18H27N5O2/c1-19-18(20-9-4-11-23-12-5-10-21-23)22-16-7-3-8-17(15-16)25-14-6-13-24-2/h3,5,7-8,10,12,15H,4,6,9,11,13-14H2,1-2H3,(H2,19,20,22). The molecule has 2 N–H and O–H groups in total. The van der Waals surface area contributed by atoms with Crippen molar-refractivity contribution in [3.05, 3.63) is 42.7 Å². The van der Waals surface area contributed by atoms with Crippen LogP contribution in [0.2, 0.25) is 0 Å². The fourth-order valence-electron chi connectivity index (χ4n) is 2.25. The van der Waals surface area contributed by atoms with Crippen LogP contribution in [0.1, 0.15) is 12.8 Å². The Kier molecular flexibility index (Phi) is 8.34. The zero-order valence-corrected chi connectivity index (χ0v) is 14.9. The molecule has 0 atom stereocenters. The van der Waals surface area contributed by atoms with Crippen molar-refractivity contribution in [1.29, 1.82) is 0 Å². The second kappa shape index (κ2) is 11.1. The molecule has 2 rings (SSSR count). The first kappa shape index (κ1) is 18.8. The van der Waals surface area contributed by atoms with E-state index in [9.17, 15) is 0 Å². The second-order valence-corrected chi connectivity index (χ2v) is 5.47. The average Bonchev–Trinajstić information content (AvgIpc) is 3.15. The Morgan fingerprint density at radius 1 is 1.24 bits per heavy atom. The van der Waals surface area contributed by atoms with Gasteiger partial charge in [-0.15, -0.1) is 0 Å². The smallest absolute Gasteiger partial charge is 0.195 e. The van der Waals surface area contributed by atoms with Gasteiger partial charge in [0, 0.05) is 64.4 Å². The van der Waals surface area contributed by atoms with Crippen LogP contribution in [0.3, 0.4) is 0 Å². The summed E-state index contributed by atoms with van der Waals surface area (Å²) in [6.07, 6.45) is 5.59. The van der Waals surface area contributed by atoms with Crippen LogP contribution in [0.25, 0.3) is 0 Å². The van der Waals surface area contributed by atoms with E-state index < -0.39 is 0 Å². The molecular weight excluding hydrogens is 318 g/mol. The van der Waals surface area contributed by atoms with Gasteiger partial charge in [-0.1, -0.05) is 6.07 Å². The number of guanidine groups is 1. The number of ether oxygens (including phenoxy) is 2. The van der Waals surface area contributed by atoms with Crippen molar-refractivity contribution in [2.75, 3.05) is 39.2 Å². The van der Waals surface area contributed by atoms with Gasteiger partial charge in [-0.3, -0.25) is 9.67 Å². The first-order chi connectivity index (χ1) is 12.3. The summed E-state index contributed by atoms with van der Waals surface area (Å²) in [5.41, 5.74) is 0.935. The van der Waals surface area contributed by atoms with E-state index in [4.69, 9.17) is 9.47 Å². The molecule has 0 saturated heterocycles. The van der Waals surface area contributed by atoms with Gasteiger partial charge in [0.2, 0.25) is 0 Å². The van der Waals surface area contributed by atoms with Crippen molar-refractivity contribution >= 4 is 11.6 Å². The predicted molar refractivity (Wildman–Crippen MR) is 100 cm³/mol. The zero-order chi connectivity index (χ0) is 17.7. The third-order valence-electron chi connectivity index (χ3n) is 3.50. The number of rotatable bonds is 10. The number of aliphatic imine (C=N–C) groups is 1. The lowest BCUT2D eigenvalue weighted by Crippen LogP contribution is -2.31. The summed E-state index contributed by atoms with van der Waals surface area (Å²) in [5, 5.41) is 10.8. The van der Waals surface area contributed by atoms with Crippen LogP contribution in [0, 0.1) is 0 Å². The first-order valence-corrected chi connectivity index (χ1v) is 8.48. The predicted octanol–water partition coefficient (Wildman–Crippen LogP) is 2.38. The minimum Gasteiger partial charge on any atom is -0.493 e. The number of aromatic nitrogens is 2. The fourth-order valence-corrected chi connectivity index (χ4v) is 2.25. The van der Waals surface area contributed by atoms with E-state index in [-0.39, 0.29) is 0 Å². The molecular formula is C18H27N5O2. The molecule has 0 aliphatic heterocycles. The van der Waals surface area contributed by atoms with Crippen molar-refractivity contribution in [3.63, 3.8) is 0 Å². The Morgan fingerprint density at radius 3 is 2.92 bits per heavy atom. The maximum atomic E-state index is 5.71. The van der Waals surface area contributed by atoms with E-state index in [1.54, 1.807) is 20.4 Å². The highest BCUT2D eigenvalue weighted by Crippen LogP contribution is 2.17. The van der Waals surface area contributed by atoms with Gasteiger partial charge in [0.25, 0.3) is 0 Å². The molecule has 2 aromatic rings. The van der Waals surface area contributed by atoms with E-state index >= 15 is 0 Å². The third-order valence-corrected chi connectivity index (χ3v) is 3.50. The topological polar surface area (TPSA) is 72.7 Å². The van der Waals surface area contributed by atoms with Crippen molar-refractivity contribution in [2.24, 2.45) is 4.99 Å². The van der Waals surface area contributed by atoms with Gasteiger partial charge < -0.3 is 20.1 Å². The Labute approximate surface area is 149 Å². The molecule has 0 bridgehead atoms. The highest BCUT2D eigenvalue weighted by molar-refractivity contribution is 5.93. The van der Waals surface area contributed by atoms with E-state index in [0.29, 0.717) is 13.2 Å². The molecule has 1 heterocycles. The summed E-state index contributed by atoms with van der Waals surface area (Å²) >= 11 is 0. The largest absolute Gasteiger partial charge is 0.493 e. The lowest BCUT2D eigenvalue weighted by atomic mass is 10.3. The fraction of sp³-hybridized carbons (Fsp3) is 0.444. The number of hydrogen-bond acceptors (Lipinski definition) is 4. The molecule has 0 spiro atoms. The van der Waals surface area contributed by atoms with E-state index in [1.165, 1.54) is 0 Å². The molecule has 136 valence electrons. The Bertz CT molecular complexity index is 628. The molecule has 0 unspecified atom stereocenters. The quantitative estimate of drug-likeness (QED) is 0.393.